The van der Waals surface area contributed by atoms with Gasteiger partial charge < -0.3 is 14.8 Å². The minimum Gasteiger partial charge on any atom is -0.455 e. The molecule has 100 valence electrons. The van der Waals surface area contributed by atoms with E-state index in [1.54, 1.807) is 0 Å². The zero-order valence-electron chi connectivity index (χ0n) is 10.5. The van der Waals surface area contributed by atoms with Gasteiger partial charge in [-0.3, -0.25) is 4.79 Å². The summed E-state index contributed by atoms with van der Waals surface area (Å²) in [5.74, 6) is -0.419. The van der Waals surface area contributed by atoms with Gasteiger partial charge in [-0.25, -0.2) is 4.79 Å². The summed E-state index contributed by atoms with van der Waals surface area (Å²) in [4.78, 5) is 22.6. The Hall–Kier alpha value is -2.30. The fraction of sp³-hybridized carbons (Fsp3) is 0.286. The summed E-state index contributed by atoms with van der Waals surface area (Å²) in [5, 5.41) is 2.65. The topological polar surface area (TPSA) is 64.6 Å². The molecule has 1 N–H and O–H groups in total. The minimum atomic E-state index is -0.604. The maximum Gasteiger partial charge on any atom is 0.408 e. The zero-order chi connectivity index (χ0) is 13.8. The maximum atomic E-state index is 11.3. The van der Waals surface area contributed by atoms with Gasteiger partial charge in [-0.05, 0) is 11.6 Å². The van der Waals surface area contributed by atoms with Crippen LogP contribution < -0.4 is 5.32 Å². The van der Waals surface area contributed by atoms with Crippen LogP contribution in [-0.2, 0) is 14.3 Å². The molecule has 1 amide bonds. The van der Waals surface area contributed by atoms with Crippen molar-refractivity contribution < 1.29 is 19.1 Å². The summed E-state index contributed by atoms with van der Waals surface area (Å²) < 4.78 is 10.4. The zero-order valence-corrected chi connectivity index (χ0v) is 10.5. The minimum absolute atomic E-state index is 0.419. The Labute approximate surface area is 111 Å². The van der Waals surface area contributed by atoms with E-state index < -0.39 is 30.3 Å². The summed E-state index contributed by atoms with van der Waals surface area (Å²) in [6, 6.07) is 8.73. The first kappa shape index (κ1) is 13.1. The number of carbonyl (C=O) groups excluding carboxylic acids is 2. The molecular weight excluding hydrogens is 246 g/mol. The third-order valence-corrected chi connectivity index (χ3v) is 2.86. The van der Waals surface area contributed by atoms with E-state index in [1.165, 1.54) is 13.0 Å². The van der Waals surface area contributed by atoms with Gasteiger partial charge in [0.25, 0.3) is 0 Å². The molecule has 5 nitrogen and oxygen atoms in total. The van der Waals surface area contributed by atoms with Crippen LogP contribution >= 0.6 is 0 Å². The van der Waals surface area contributed by atoms with Gasteiger partial charge in [-0.2, -0.15) is 0 Å². The molecule has 1 fully saturated rings. The molecule has 1 aliphatic heterocycles. The highest BCUT2D eigenvalue weighted by molar-refractivity contribution is 5.71. The molecule has 0 radical (unpaired) electrons. The smallest absolute Gasteiger partial charge is 0.408 e. The van der Waals surface area contributed by atoms with Crippen molar-refractivity contribution in [3.05, 3.63) is 48.6 Å². The van der Waals surface area contributed by atoms with Crippen molar-refractivity contribution in [2.45, 2.75) is 25.2 Å². The quantitative estimate of drug-likeness (QED) is 0.664. The first-order valence-corrected chi connectivity index (χ1v) is 5.93. The molecule has 1 aromatic carbocycles. The van der Waals surface area contributed by atoms with E-state index in [9.17, 15) is 9.59 Å². The maximum absolute atomic E-state index is 11.3. The molecule has 1 heterocycles. The highest BCUT2D eigenvalue weighted by Crippen LogP contribution is 2.28. The number of esters is 1. The third kappa shape index (κ3) is 2.93. The highest BCUT2D eigenvalue weighted by Gasteiger charge is 2.40. The lowest BCUT2D eigenvalue weighted by Crippen LogP contribution is -2.38. The molecule has 2 rings (SSSR count). The molecule has 1 unspecified atom stereocenters. The lowest BCUT2D eigenvalue weighted by atomic mass is 9.98. The average Bonchev–Trinajstić information content (AvgIpc) is 2.78. The number of alkyl carbamates (subject to hydrolysis) is 1. The largest absolute Gasteiger partial charge is 0.455 e. The Morgan fingerprint density at radius 2 is 2.16 bits per heavy atom. The van der Waals surface area contributed by atoms with Crippen LogP contribution in [0, 0.1) is 0 Å². The van der Waals surface area contributed by atoms with E-state index in [1.807, 2.05) is 30.3 Å². The Balaban J connectivity index is 2.30. The number of cyclic esters (lactones) is 1. The van der Waals surface area contributed by atoms with Crippen molar-refractivity contribution in [1.82, 2.24) is 5.32 Å². The van der Waals surface area contributed by atoms with Crippen LogP contribution in [-0.4, -0.2) is 24.2 Å². The molecule has 5 heteroatoms. The van der Waals surface area contributed by atoms with Gasteiger partial charge in [0.1, 0.15) is 12.1 Å². The first-order chi connectivity index (χ1) is 9.11. The van der Waals surface area contributed by atoms with Crippen LogP contribution in [0.3, 0.4) is 0 Å². The van der Waals surface area contributed by atoms with Gasteiger partial charge >= 0.3 is 12.1 Å². The van der Waals surface area contributed by atoms with E-state index in [0.717, 1.165) is 5.56 Å². The van der Waals surface area contributed by atoms with Gasteiger partial charge in [0.05, 0.1) is 0 Å². The number of rotatable bonds is 4. The molecule has 0 aromatic heterocycles. The van der Waals surface area contributed by atoms with Crippen molar-refractivity contribution in [1.29, 1.82) is 0 Å². The molecule has 3 atom stereocenters. The van der Waals surface area contributed by atoms with Gasteiger partial charge in [0, 0.05) is 6.92 Å². The molecule has 0 aliphatic carbocycles. The second-order valence-electron chi connectivity index (χ2n) is 4.22. The summed E-state index contributed by atoms with van der Waals surface area (Å²) >= 11 is 0. The number of nitrogens with one attached hydrogen (secondary N) is 1. The average molecular weight is 261 g/mol. The molecule has 1 saturated heterocycles. The molecular formula is C14H15NO4. The van der Waals surface area contributed by atoms with Crippen LogP contribution in [0.2, 0.25) is 0 Å². The van der Waals surface area contributed by atoms with Crippen molar-refractivity contribution in [3.63, 3.8) is 0 Å². The molecule has 1 aromatic rings. The Bertz CT molecular complexity index is 485. The molecule has 0 saturated carbocycles. The van der Waals surface area contributed by atoms with E-state index in [-0.39, 0.29) is 0 Å². The lowest BCUT2D eigenvalue weighted by molar-refractivity contribution is -0.148. The van der Waals surface area contributed by atoms with Crippen LogP contribution in [0.1, 0.15) is 18.6 Å². The first-order valence-electron chi connectivity index (χ1n) is 5.93. The van der Waals surface area contributed by atoms with Crippen LogP contribution in [0.5, 0.6) is 0 Å². The fourth-order valence-electron chi connectivity index (χ4n) is 2.06. The monoisotopic (exact) mass is 261 g/mol. The van der Waals surface area contributed by atoms with Crippen molar-refractivity contribution >= 4 is 12.1 Å². The number of ether oxygens (including phenoxy) is 2. The van der Waals surface area contributed by atoms with Gasteiger partial charge in [0.15, 0.2) is 6.10 Å². The number of amides is 1. The number of hydrogen-bond donors (Lipinski definition) is 1. The summed E-state index contributed by atoms with van der Waals surface area (Å²) in [6.07, 6.45) is -0.157. The number of hydrogen-bond acceptors (Lipinski definition) is 4. The Morgan fingerprint density at radius 3 is 2.74 bits per heavy atom. The molecule has 19 heavy (non-hydrogen) atoms. The van der Waals surface area contributed by atoms with E-state index in [4.69, 9.17) is 9.47 Å². The standard InChI is InChI=1S/C14H15NO4/c1-3-11-12(15-14(17)19-11)13(18-9(2)16)10-7-5-4-6-8-10/h3-8,11-13H,1H2,2H3,(H,15,17)/t11-,12+,13?/m0/s1. The number of benzene rings is 1. The predicted molar refractivity (Wildman–Crippen MR) is 68.3 cm³/mol. The summed E-state index contributed by atoms with van der Waals surface area (Å²) in [7, 11) is 0. The van der Waals surface area contributed by atoms with E-state index in [2.05, 4.69) is 11.9 Å². The van der Waals surface area contributed by atoms with Crippen molar-refractivity contribution in [3.8, 4) is 0 Å². The second kappa shape index (κ2) is 5.56. The molecule has 1 aliphatic rings. The summed E-state index contributed by atoms with van der Waals surface area (Å²) in [6.45, 7) is 4.95. The van der Waals surface area contributed by atoms with Gasteiger partial charge in [-0.1, -0.05) is 36.9 Å². The summed E-state index contributed by atoms with van der Waals surface area (Å²) in [5.41, 5.74) is 0.792. The SMILES string of the molecule is C=C[C@@H]1OC(=O)N[C@H]1C(OC(C)=O)c1ccccc1. The van der Waals surface area contributed by atoms with Crippen LogP contribution in [0.25, 0.3) is 0 Å². The fourth-order valence-corrected chi connectivity index (χ4v) is 2.06. The Kier molecular flexibility index (Phi) is 3.85. The van der Waals surface area contributed by atoms with E-state index in [0.29, 0.717) is 0 Å². The van der Waals surface area contributed by atoms with Crippen LogP contribution in [0.4, 0.5) is 4.79 Å². The van der Waals surface area contributed by atoms with Gasteiger partial charge in [-0.15, -0.1) is 0 Å². The third-order valence-electron chi connectivity index (χ3n) is 2.86. The molecule has 0 bridgehead atoms. The van der Waals surface area contributed by atoms with Crippen LogP contribution in [0.15, 0.2) is 43.0 Å². The number of carbonyl (C=O) groups is 2. The second-order valence-corrected chi connectivity index (χ2v) is 4.22. The van der Waals surface area contributed by atoms with Crippen molar-refractivity contribution in [2.75, 3.05) is 0 Å². The lowest BCUT2D eigenvalue weighted by Gasteiger charge is -2.24. The van der Waals surface area contributed by atoms with E-state index >= 15 is 0 Å². The van der Waals surface area contributed by atoms with Gasteiger partial charge in [0.2, 0.25) is 0 Å². The highest BCUT2D eigenvalue weighted by atomic mass is 16.6. The molecule has 0 spiro atoms. The van der Waals surface area contributed by atoms with Crippen molar-refractivity contribution in [2.24, 2.45) is 0 Å². The Morgan fingerprint density at radius 1 is 1.47 bits per heavy atom. The normalized spacial score (nSPS) is 23.1. The predicted octanol–water partition coefficient (Wildman–Crippen LogP) is 1.95.